The molecule has 1 atom stereocenters. The number of carbonyl (C=O) groups is 1. The van der Waals surface area contributed by atoms with Gasteiger partial charge in [-0.05, 0) is 70.7 Å². The van der Waals surface area contributed by atoms with Crippen LogP contribution >= 0.6 is 13.5 Å². The lowest BCUT2D eigenvalue weighted by Crippen LogP contribution is -1.97. The van der Waals surface area contributed by atoms with E-state index in [2.05, 4.69) is 0 Å². The number of benzene rings is 2. The Morgan fingerprint density at radius 1 is 1.15 bits per heavy atom. The van der Waals surface area contributed by atoms with Crippen molar-refractivity contribution in [2.24, 2.45) is 0 Å². The minimum absolute atomic E-state index is 0. The van der Waals surface area contributed by atoms with Gasteiger partial charge in [0.15, 0.2) is 0 Å². The molecule has 0 saturated carbocycles. The average molecular weight is 391 g/mol. The van der Waals surface area contributed by atoms with Crippen LogP contribution in [-0.4, -0.2) is 21.5 Å². The summed E-state index contributed by atoms with van der Waals surface area (Å²) in [7, 11) is -1.04. The lowest BCUT2D eigenvalue weighted by Gasteiger charge is -2.05. The third-order valence-corrected chi connectivity index (χ3v) is 5.24. The molecule has 0 fully saturated rings. The van der Waals surface area contributed by atoms with Gasteiger partial charge in [-0.3, -0.25) is 9.00 Å². The number of carboxylic acid groups (broad SMARTS) is 1. The van der Waals surface area contributed by atoms with Crippen molar-refractivity contribution in [3.63, 3.8) is 0 Å². The smallest absolute Gasteiger partial charge is 0.307 e. The van der Waals surface area contributed by atoms with E-state index in [-0.39, 0.29) is 25.7 Å². The number of rotatable bonds is 4. The summed E-state index contributed by atoms with van der Waals surface area (Å²) >= 11 is 0. The van der Waals surface area contributed by atoms with Crippen molar-refractivity contribution >= 4 is 47.5 Å². The van der Waals surface area contributed by atoms with Crippen LogP contribution in [0.5, 0.6) is 0 Å². The highest BCUT2D eigenvalue weighted by Gasteiger charge is 2.25. The van der Waals surface area contributed by atoms with Crippen molar-refractivity contribution < 1.29 is 18.5 Å². The van der Waals surface area contributed by atoms with E-state index in [1.807, 2.05) is 25.1 Å². The molecule has 136 valence electrons. The molecular formula is C20H19FO3S2. The van der Waals surface area contributed by atoms with Crippen LogP contribution < -0.4 is 0 Å². The zero-order valence-corrected chi connectivity index (χ0v) is 16.2. The van der Waals surface area contributed by atoms with Crippen LogP contribution in [0.3, 0.4) is 0 Å². The predicted molar refractivity (Wildman–Crippen MR) is 108 cm³/mol. The molecule has 26 heavy (non-hydrogen) atoms. The molecule has 3 nitrogen and oxygen atoms in total. The summed E-state index contributed by atoms with van der Waals surface area (Å²) in [5.74, 6) is -1.33. The molecule has 1 N–H and O–H groups in total. The quantitative estimate of drug-likeness (QED) is 0.838. The molecule has 1 unspecified atom stereocenters. The molecule has 0 radical (unpaired) electrons. The monoisotopic (exact) mass is 390 g/mol. The van der Waals surface area contributed by atoms with E-state index in [4.69, 9.17) is 5.11 Å². The molecule has 1 aliphatic rings. The van der Waals surface area contributed by atoms with Gasteiger partial charge in [0.05, 0.1) is 6.42 Å². The van der Waals surface area contributed by atoms with Gasteiger partial charge in [-0.25, -0.2) is 4.39 Å². The molecule has 6 heteroatoms. The Kier molecular flexibility index (Phi) is 6.21. The van der Waals surface area contributed by atoms with Gasteiger partial charge in [0.1, 0.15) is 5.82 Å². The topological polar surface area (TPSA) is 54.4 Å². The number of carboxylic acids is 1. The highest BCUT2D eigenvalue weighted by molar-refractivity contribution is 7.84. The maximum atomic E-state index is 13.7. The van der Waals surface area contributed by atoms with E-state index in [0.717, 1.165) is 27.2 Å². The molecular weight excluding hydrogens is 371 g/mol. The first-order valence-electron chi connectivity index (χ1n) is 7.74. The first-order chi connectivity index (χ1) is 11.9. The minimum Gasteiger partial charge on any atom is -0.481 e. The van der Waals surface area contributed by atoms with Crippen molar-refractivity contribution in [1.82, 2.24) is 0 Å². The molecule has 3 rings (SSSR count). The van der Waals surface area contributed by atoms with Gasteiger partial charge in [0.2, 0.25) is 0 Å². The highest BCUT2D eigenvalue weighted by Crippen LogP contribution is 2.43. The van der Waals surface area contributed by atoms with Crippen molar-refractivity contribution in [3.05, 3.63) is 70.5 Å². The fraction of sp³-hybridized carbons (Fsp3) is 0.150. The van der Waals surface area contributed by atoms with Crippen molar-refractivity contribution in [2.45, 2.75) is 18.2 Å². The lowest BCUT2D eigenvalue weighted by molar-refractivity contribution is -0.135. The Hall–Kier alpha value is -2.18. The molecule has 0 saturated heterocycles. The number of halogens is 1. The van der Waals surface area contributed by atoms with Gasteiger partial charge < -0.3 is 5.11 Å². The van der Waals surface area contributed by atoms with Crippen LogP contribution in [-0.2, 0) is 15.6 Å². The van der Waals surface area contributed by atoms with Crippen LogP contribution in [0.25, 0.3) is 17.2 Å². The zero-order valence-electron chi connectivity index (χ0n) is 14.4. The molecule has 2 aromatic carbocycles. The maximum Gasteiger partial charge on any atom is 0.307 e. The fourth-order valence-electron chi connectivity index (χ4n) is 3.05. The van der Waals surface area contributed by atoms with Gasteiger partial charge >= 0.3 is 5.97 Å². The molecule has 0 amide bonds. The molecule has 0 spiro atoms. The Balaban J connectivity index is 0.00000243. The molecule has 0 bridgehead atoms. The third-order valence-electron chi connectivity index (χ3n) is 4.30. The fourth-order valence-corrected chi connectivity index (χ4v) is 3.57. The molecule has 0 heterocycles. The number of hydrogen-bond acceptors (Lipinski definition) is 2. The summed E-state index contributed by atoms with van der Waals surface area (Å²) in [6.45, 7) is 1.86. The summed E-state index contributed by atoms with van der Waals surface area (Å²) in [5.41, 5.74) is 4.74. The van der Waals surface area contributed by atoms with E-state index in [9.17, 15) is 13.4 Å². The summed E-state index contributed by atoms with van der Waals surface area (Å²) in [4.78, 5) is 11.9. The van der Waals surface area contributed by atoms with Gasteiger partial charge in [-0.1, -0.05) is 18.2 Å². The van der Waals surface area contributed by atoms with Crippen molar-refractivity contribution in [3.8, 4) is 0 Å². The van der Waals surface area contributed by atoms with Gasteiger partial charge in [0.25, 0.3) is 0 Å². The second-order valence-corrected chi connectivity index (χ2v) is 7.32. The first kappa shape index (κ1) is 20.1. The molecule has 2 aromatic rings. The molecule has 1 aliphatic carbocycles. The van der Waals surface area contributed by atoms with Crippen LogP contribution in [0.1, 0.15) is 30.0 Å². The normalized spacial score (nSPS) is 15.6. The van der Waals surface area contributed by atoms with E-state index < -0.39 is 16.8 Å². The molecule has 0 aromatic heterocycles. The SMILES string of the molecule is CC1=C(CC(=O)O)c2cc(F)ccc2C1=Cc1ccc(S(C)=O)cc1.S. The number of hydrogen-bond donors (Lipinski definition) is 1. The largest absolute Gasteiger partial charge is 0.481 e. The van der Waals surface area contributed by atoms with Gasteiger partial charge in [-0.2, -0.15) is 13.5 Å². The third kappa shape index (κ3) is 3.97. The van der Waals surface area contributed by atoms with E-state index in [0.29, 0.717) is 11.1 Å². The predicted octanol–water partition coefficient (Wildman–Crippen LogP) is 4.48. The molecule has 0 aliphatic heterocycles. The van der Waals surface area contributed by atoms with Gasteiger partial charge in [0, 0.05) is 22.0 Å². The van der Waals surface area contributed by atoms with Crippen molar-refractivity contribution in [2.75, 3.05) is 6.26 Å². The van der Waals surface area contributed by atoms with Crippen LogP contribution in [0, 0.1) is 5.82 Å². The summed E-state index contributed by atoms with van der Waals surface area (Å²) in [6.07, 6.45) is 3.43. The van der Waals surface area contributed by atoms with E-state index in [1.54, 1.807) is 24.5 Å². The Morgan fingerprint density at radius 2 is 1.81 bits per heavy atom. The van der Waals surface area contributed by atoms with Gasteiger partial charge in [-0.15, -0.1) is 0 Å². The number of allylic oxidation sites excluding steroid dienone is 2. The first-order valence-corrected chi connectivity index (χ1v) is 9.30. The van der Waals surface area contributed by atoms with Crippen LogP contribution in [0.2, 0.25) is 0 Å². The highest BCUT2D eigenvalue weighted by atomic mass is 32.2. The second kappa shape index (κ2) is 8.01. The summed E-state index contributed by atoms with van der Waals surface area (Å²) in [5, 5.41) is 9.17. The summed E-state index contributed by atoms with van der Waals surface area (Å²) in [6, 6.07) is 11.8. The zero-order chi connectivity index (χ0) is 18.1. The Bertz CT molecular complexity index is 944. The summed E-state index contributed by atoms with van der Waals surface area (Å²) < 4.78 is 25.1. The number of fused-ring (bicyclic) bond motifs is 1. The van der Waals surface area contributed by atoms with E-state index >= 15 is 0 Å². The Morgan fingerprint density at radius 3 is 2.38 bits per heavy atom. The standard InChI is InChI=1S/C20H17FO3S.H2S/c1-12-17(9-13-3-6-15(7-4-13)25(2)24)16-8-5-14(21)10-19(16)18(12)11-20(22)23;/h3-10H,11H2,1-2H3,(H,22,23);1H2. The lowest BCUT2D eigenvalue weighted by atomic mass is 10.0. The van der Waals surface area contributed by atoms with E-state index in [1.165, 1.54) is 12.1 Å². The van der Waals surface area contributed by atoms with Crippen LogP contribution in [0.15, 0.2) is 52.9 Å². The maximum absolute atomic E-state index is 13.7. The number of aliphatic carboxylic acids is 1. The van der Waals surface area contributed by atoms with Crippen molar-refractivity contribution in [1.29, 1.82) is 0 Å². The minimum atomic E-state index is -1.04. The Labute approximate surface area is 161 Å². The average Bonchev–Trinajstić information content (AvgIpc) is 2.80. The second-order valence-electron chi connectivity index (χ2n) is 5.95. The van der Waals surface area contributed by atoms with Crippen LogP contribution in [0.4, 0.5) is 4.39 Å².